The van der Waals surface area contributed by atoms with Crippen molar-refractivity contribution in [1.29, 1.82) is 0 Å². The largest absolute Gasteiger partial charge is 0.339 e. The first-order chi connectivity index (χ1) is 10.4. The number of nitrogens with one attached hydrogen (secondary N) is 1. The van der Waals surface area contributed by atoms with Crippen molar-refractivity contribution in [3.63, 3.8) is 0 Å². The Balaban J connectivity index is 1.63. The molecule has 120 valence electrons. The van der Waals surface area contributed by atoms with Crippen LogP contribution in [0.2, 0.25) is 0 Å². The summed E-state index contributed by atoms with van der Waals surface area (Å²) in [6.07, 6.45) is 15.2. The fourth-order valence-electron chi connectivity index (χ4n) is 2.99. The van der Waals surface area contributed by atoms with E-state index in [1.807, 2.05) is 0 Å². The van der Waals surface area contributed by atoms with Crippen LogP contribution in [-0.2, 0) is 6.42 Å². The van der Waals surface area contributed by atoms with Crippen molar-refractivity contribution in [1.82, 2.24) is 15.5 Å². The predicted octanol–water partition coefficient (Wildman–Crippen LogP) is 4.57. The van der Waals surface area contributed by atoms with Crippen molar-refractivity contribution in [3.05, 3.63) is 11.7 Å². The van der Waals surface area contributed by atoms with Crippen LogP contribution in [0.5, 0.6) is 0 Å². The smallest absolute Gasteiger partial charge is 0.226 e. The number of unbranched alkanes of at least 4 members (excludes halogenated alkanes) is 6. The molecule has 1 aliphatic heterocycles. The van der Waals surface area contributed by atoms with E-state index in [0.29, 0.717) is 6.04 Å². The number of rotatable bonds is 9. The number of nitrogens with zero attached hydrogens (tertiary/aromatic N) is 2. The molecule has 4 heteroatoms. The highest BCUT2D eigenvalue weighted by molar-refractivity contribution is 4.95. The van der Waals surface area contributed by atoms with Crippen LogP contribution in [0.25, 0.3) is 0 Å². The third-order valence-electron chi connectivity index (χ3n) is 4.35. The van der Waals surface area contributed by atoms with Gasteiger partial charge in [0.15, 0.2) is 5.82 Å². The van der Waals surface area contributed by atoms with E-state index in [1.165, 1.54) is 64.2 Å². The van der Waals surface area contributed by atoms with E-state index >= 15 is 0 Å². The number of hydrogen-bond acceptors (Lipinski definition) is 4. The average molecular weight is 293 g/mol. The first kappa shape index (κ1) is 16.5. The molecular weight excluding hydrogens is 262 g/mol. The minimum absolute atomic E-state index is 0.305. The van der Waals surface area contributed by atoms with Crippen LogP contribution in [0.1, 0.15) is 95.3 Å². The Morgan fingerprint density at radius 2 is 1.86 bits per heavy atom. The van der Waals surface area contributed by atoms with E-state index in [9.17, 15) is 0 Å². The number of hydrogen-bond donors (Lipinski definition) is 1. The molecule has 1 saturated heterocycles. The Morgan fingerprint density at radius 1 is 1.05 bits per heavy atom. The van der Waals surface area contributed by atoms with Gasteiger partial charge in [-0.15, -0.1) is 0 Å². The second-order valence-corrected chi connectivity index (χ2v) is 6.27. The van der Waals surface area contributed by atoms with Crippen LogP contribution in [-0.4, -0.2) is 16.7 Å². The topological polar surface area (TPSA) is 51.0 Å². The summed E-state index contributed by atoms with van der Waals surface area (Å²) in [5.74, 6) is 1.69. The van der Waals surface area contributed by atoms with Crippen LogP contribution in [0, 0.1) is 0 Å². The van der Waals surface area contributed by atoms with Gasteiger partial charge in [-0.25, -0.2) is 0 Å². The van der Waals surface area contributed by atoms with Gasteiger partial charge < -0.3 is 9.84 Å². The zero-order valence-corrected chi connectivity index (χ0v) is 13.6. The number of aromatic nitrogens is 2. The van der Waals surface area contributed by atoms with Gasteiger partial charge in [0.1, 0.15) is 0 Å². The lowest BCUT2D eigenvalue weighted by atomic mass is 10.1. The Morgan fingerprint density at radius 3 is 2.71 bits per heavy atom. The third-order valence-corrected chi connectivity index (χ3v) is 4.35. The lowest BCUT2D eigenvalue weighted by Gasteiger charge is -2.09. The van der Waals surface area contributed by atoms with Gasteiger partial charge in [0.05, 0.1) is 6.04 Å². The van der Waals surface area contributed by atoms with E-state index in [0.717, 1.165) is 31.1 Å². The SMILES string of the molecule is CCCCCCCCCc1nc(C2CCCCCN2)no1. The van der Waals surface area contributed by atoms with E-state index in [-0.39, 0.29) is 0 Å². The lowest BCUT2D eigenvalue weighted by Crippen LogP contribution is -2.21. The molecule has 4 nitrogen and oxygen atoms in total. The molecule has 1 fully saturated rings. The lowest BCUT2D eigenvalue weighted by molar-refractivity contribution is 0.360. The van der Waals surface area contributed by atoms with E-state index in [1.54, 1.807) is 0 Å². The van der Waals surface area contributed by atoms with Gasteiger partial charge in [0.25, 0.3) is 0 Å². The summed E-state index contributed by atoms with van der Waals surface area (Å²) < 4.78 is 5.40. The maximum atomic E-state index is 5.40. The summed E-state index contributed by atoms with van der Waals surface area (Å²) in [6, 6.07) is 0.305. The highest BCUT2D eigenvalue weighted by Gasteiger charge is 2.19. The third kappa shape index (κ3) is 6.16. The zero-order chi connectivity index (χ0) is 14.8. The first-order valence-corrected chi connectivity index (χ1v) is 8.96. The van der Waals surface area contributed by atoms with Gasteiger partial charge in [-0.3, -0.25) is 0 Å². The second-order valence-electron chi connectivity index (χ2n) is 6.27. The van der Waals surface area contributed by atoms with Crippen molar-refractivity contribution < 1.29 is 4.52 Å². The molecule has 0 radical (unpaired) electrons. The van der Waals surface area contributed by atoms with Crippen molar-refractivity contribution in [3.8, 4) is 0 Å². The molecule has 0 aliphatic carbocycles. The van der Waals surface area contributed by atoms with Gasteiger partial charge >= 0.3 is 0 Å². The maximum absolute atomic E-state index is 5.40. The molecule has 1 aromatic heterocycles. The Bertz CT molecular complexity index is 370. The van der Waals surface area contributed by atoms with Gasteiger partial charge in [0.2, 0.25) is 5.89 Å². The Labute approximate surface area is 129 Å². The van der Waals surface area contributed by atoms with Crippen molar-refractivity contribution in [2.45, 2.75) is 90.0 Å². The molecule has 1 unspecified atom stereocenters. The van der Waals surface area contributed by atoms with Crippen LogP contribution in [0.4, 0.5) is 0 Å². The van der Waals surface area contributed by atoms with Crippen LogP contribution < -0.4 is 5.32 Å². The molecule has 0 aromatic carbocycles. The van der Waals surface area contributed by atoms with Gasteiger partial charge in [-0.2, -0.15) is 4.98 Å². The molecule has 0 amide bonds. The van der Waals surface area contributed by atoms with Gasteiger partial charge in [-0.05, 0) is 25.8 Å². The van der Waals surface area contributed by atoms with Crippen molar-refractivity contribution in [2.75, 3.05) is 6.54 Å². The van der Waals surface area contributed by atoms with E-state index in [4.69, 9.17) is 4.52 Å². The summed E-state index contributed by atoms with van der Waals surface area (Å²) in [7, 11) is 0. The molecule has 21 heavy (non-hydrogen) atoms. The minimum atomic E-state index is 0.305. The summed E-state index contributed by atoms with van der Waals surface area (Å²) >= 11 is 0. The fraction of sp³-hybridized carbons (Fsp3) is 0.882. The highest BCUT2D eigenvalue weighted by Crippen LogP contribution is 2.20. The molecule has 1 N–H and O–H groups in total. The Hall–Kier alpha value is -0.900. The fourth-order valence-corrected chi connectivity index (χ4v) is 2.99. The normalized spacial score (nSPS) is 19.6. The molecule has 2 rings (SSSR count). The molecule has 1 aromatic rings. The molecular formula is C17H31N3O. The summed E-state index contributed by atoms with van der Waals surface area (Å²) in [6.45, 7) is 3.34. The van der Waals surface area contributed by atoms with E-state index < -0.39 is 0 Å². The van der Waals surface area contributed by atoms with Crippen molar-refractivity contribution >= 4 is 0 Å². The molecule has 1 atom stereocenters. The van der Waals surface area contributed by atoms with Gasteiger partial charge in [-0.1, -0.05) is 63.4 Å². The number of aryl methyl sites for hydroxylation is 1. The van der Waals surface area contributed by atoms with Crippen LogP contribution in [0.3, 0.4) is 0 Å². The first-order valence-electron chi connectivity index (χ1n) is 8.96. The molecule has 1 aliphatic rings. The minimum Gasteiger partial charge on any atom is -0.339 e. The monoisotopic (exact) mass is 293 g/mol. The molecule has 0 bridgehead atoms. The molecule has 2 heterocycles. The Kier molecular flexibility index (Phi) is 7.79. The summed E-state index contributed by atoms with van der Waals surface area (Å²) in [5, 5.41) is 7.69. The van der Waals surface area contributed by atoms with E-state index in [2.05, 4.69) is 22.4 Å². The summed E-state index contributed by atoms with van der Waals surface area (Å²) in [5.41, 5.74) is 0. The van der Waals surface area contributed by atoms with Crippen molar-refractivity contribution in [2.24, 2.45) is 0 Å². The van der Waals surface area contributed by atoms with Crippen LogP contribution in [0.15, 0.2) is 4.52 Å². The standard InChI is InChI=1S/C17H31N3O/c1-2-3-4-5-6-7-10-13-16-19-17(20-21-16)15-12-9-8-11-14-18-15/h15,18H,2-14H2,1H3. The zero-order valence-electron chi connectivity index (χ0n) is 13.6. The average Bonchev–Trinajstić information content (AvgIpc) is 2.80. The quantitative estimate of drug-likeness (QED) is 0.678. The van der Waals surface area contributed by atoms with Gasteiger partial charge in [0, 0.05) is 6.42 Å². The second kappa shape index (κ2) is 9.93. The predicted molar refractivity (Wildman–Crippen MR) is 85.2 cm³/mol. The summed E-state index contributed by atoms with van der Waals surface area (Å²) in [4.78, 5) is 4.58. The highest BCUT2D eigenvalue weighted by atomic mass is 16.5. The maximum Gasteiger partial charge on any atom is 0.226 e. The molecule has 0 saturated carbocycles. The molecule has 0 spiro atoms. The van der Waals surface area contributed by atoms with Crippen LogP contribution >= 0.6 is 0 Å².